The molecule has 0 radical (unpaired) electrons. The molecule has 0 bridgehead atoms. The minimum Gasteiger partial charge on any atom is -0.481 e. The van der Waals surface area contributed by atoms with E-state index in [9.17, 15) is 19.7 Å². The maximum atomic E-state index is 11.3. The van der Waals surface area contributed by atoms with Crippen molar-refractivity contribution in [2.75, 3.05) is 6.16 Å². The number of hydrogen-bond donors (Lipinski definition) is 4. The summed E-state index contributed by atoms with van der Waals surface area (Å²) in [6.07, 6.45) is 14.5. The molecule has 142 valence electrons. The molecule has 5 nitrogen and oxygen atoms in total. The summed E-state index contributed by atoms with van der Waals surface area (Å²) in [5, 5.41) is 17.4. The molecular formula is C19H33NO4P+. The van der Waals surface area contributed by atoms with Gasteiger partial charge in [-0.2, -0.15) is 0 Å². The molecule has 0 spiro atoms. The van der Waals surface area contributed by atoms with Gasteiger partial charge in [0.2, 0.25) is 5.45 Å². The van der Waals surface area contributed by atoms with Gasteiger partial charge < -0.3 is 5.11 Å². The first-order valence-corrected chi connectivity index (χ1v) is 11.6. The second-order valence-electron chi connectivity index (χ2n) is 7.76. The van der Waals surface area contributed by atoms with Gasteiger partial charge in [-0.3, -0.25) is 10.2 Å². The topological polar surface area (TPSA) is 102 Å². The Balaban J connectivity index is 1.78. The van der Waals surface area contributed by atoms with Gasteiger partial charge in [-0.05, 0) is 50.0 Å². The smallest absolute Gasteiger partial charge is 0.317 e. The molecule has 0 aromatic rings. The number of nitrogens with one attached hydrogen (secondary N) is 1. The molecule has 2 atom stereocenters. The zero-order valence-corrected chi connectivity index (χ0v) is 16.0. The van der Waals surface area contributed by atoms with E-state index in [2.05, 4.69) is 0 Å². The van der Waals surface area contributed by atoms with Crippen molar-refractivity contribution in [2.24, 2.45) is 17.8 Å². The number of carboxylic acids is 1. The van der Waals surface area contributed by atoms with Gasteiger partial charge in [0.05, 0.1) is 5.92 Å². The normalized spacial score (nSPS) is 26.0. The van der Waals surface area contributed by atoms with Crippen LogP contribution in [0, 0.1) is 23.2 Å². The molecule has 2 fully saturated rings. The van der Waals surface area contributed by atoms with E-state index in [0.717, 1.165) is 38.5 Å². The van der Waals surface area contributed by atoms with Crippen LogP contribution in [0.3, 0.4) is 0 Å². The molecule has 0 aromatic carbocycles. The summed E-state index contributed by atoms with van der Waals surface area (Å²) in [6, 6.07) is 0. The Bertz CT molecular complexity index is 486. The minimum absolute atomic E-state index is 0.114. The van der Waals surface area contributed by atoms with Gasteiger partial charge in [-0.25, -0.2) is 9.79 Å². The number of carbonyl (C=O) groups is 1. The molecule has 2 unspecified atom stereocenters. The van der Waals surface area contributed by atoms with Crippen LogP contribution in [0.15, 0.2) is 12.2 Å². The zero-order chi connectivity index (χ0) is 18.3. The maximum Gasteiger partial charge on any atom is 0.317 e. The molecule has 25 heavy (non-hydrogen) atoms. The number of hydrogen-bond acceptors (Lipinski definition) is 4. The van der Waals surface area contributed by atoms with Crippen LogP contribution in [-0.4, -0.2) is 32.5 Å². The average molecular weight is 370 g/mol. The summed E-state index contributed by atoms with van der Waals surface area (Å²) in [6.45, 7) is 0. The van der Waals surface area contributed by atoms with Crippen LogP contribution in [-0.2, 0) is 4.79 Å². The fraction of sp³-hybridized carbons (Fsp3) is 0.789. The maximum absolute atomic E-state index is 11.3. The lowest BCUT2D eigenvalue weighted by molar-refractivity contribution is -0.144. The Kier molecular flexibility index (Phi) is 8.05. The first kappa shape index (κ1) is 20.5. The Morgan fingerprint density at radius 1 is 1.00 bits per heavy atom. The van der Waals surface area contributed by atoms with Gasteiger partial charge in [0, 0.05) is 6.42 Å². The fourth-order valence-corrected chi connectivity index (χ4v) is 5.44. The van der Waals surface area contributed by atoms with E-state index < -0.39 is 13.7 Å². The molecule has 6 heteroatoms. The lowest BCUT2D eigenvalue weighted by atomic mass is 9.77. The summed E-state index contributed by atoms with van der Waals surface area (Å²) in [4.78, 5) is 31.9. The Morgan fingerprint density at radius 2 is 1.64 bits per heavy atom. The van der Waals surface area contributed by atoms with Crippen molar-refractivity contribution < 1.29 is 19.7 Å². The van der Waals surface area contributed by atoms with Crippen LogP contribution in [0.1, 0.15) is 70.6 Å². The van der Waals surface area contributed by atoms with Crippen molar-refractivity contribution in [3.05, 3.63) is 12.2 Å². The summed E-state index contributed by atoms with van der Waals surface area (Å²) in [7, 11) is -3.32. The summed E-state index contributed by atoms with van der Waals surface area (Å²) >= 11 is 0. The second kappa shape index (κ2) is 9.80. The number of allylic oxidation sites excluding steroid dienone is 2. The zero-order valence-electron chi connectivity index (χ0n) is 15.1. The molecule has 2 rings (SSSR count). The number of carboxylic acid groups (broad SMARTS) is 1. The summed E-state index contributed by atoms with van der Waals surface area (Å²) < 4.78 is 0. The van der Waals surface area contributed by atoms with Gasteiger partial charge >= 0.3 is 13.7 Å². The Morgan fingerprint density at radius 3 is 2.32 bits per heavy atom. The molecule has 2 aliphatic rings. The van der Waals surface area contributed by atoms with Gasteiger partial charge in [0.15, 0.2) is 0 Å². The average Bonchev–Trinajstić information content (AvgIpc) is 2.60. The van der Waals surface area contributed by atoms with Crippen molar-refractivity contribution in [1.29, 1.82) is 5.41 Å². The largest absolute Gasteiger partial charge is 0.481 e. The Labute approximate surface area is 151 Å². The molecule has 2 aliphatic carbocycles. The standard InChI is InChI=1S/C19H32NO4P/c20-18(14-15-8-2-1-3-9-15)25(23,24)13-7-6-11-16-10-4-5-12-17(16)19(21)22/h6-7,15-17,20,23-24H,1-5,8-14H2/p+1. The lowest BCUT2D eigenvalue weighted by Crippen LogP contribution is -2.26. The molecule has 0 aromatic heterocycles. The molecule has 0 saturated heterocycles. The minimum atomic E-state index is -3.32. The highest BCUT2D eigenvalue weighted by atomic mass is 31.2. The van der Waals surface area contributed by atoms with Crippen LogP contribution in [0.2, 0.25) is 0 Å². The molecule has 4 N–H and O–H groups in total. The highest BCUT2D eigenvalue weighted by Gasteiger charge is 2.39. The monoisotopic (exact) mass is 370 g/mol. The van der Waals surface area contributed by atoms with Crippen molar-refractivity contribution in [1.82, 2.24) is 0 Å². The molecule has 0 heterocycles. The predicted octanol–water partition coefficient (Wildman–Crippen LogP) is 4.60. The van der Waals surface area contributed by atoms with Crippen LogP contribution < -0.4 is 0 Å². The molecule has 0 amide bonds. The quantitative estimate of drug-likeness (QED) is 0.285. The summed E-state index contributed by atoms with van der Waals surface area (Å²) in [5.74, 6) is -0.402. The van der Waals surface area contributed by atoms with Gasteiger partial charge in [0.1, 0.15) is 6.16 Å². The van der Waals surface area contributed by atoms with Gasteiger partial charge in [-0.1, -0.05) is 38.2 Å². The SMILES string of the molecule is N=C(CC1CCCCC1)[P+](O)(O)CC=CCC1CCCCC1C(=O)O. The van der Waals surface area contributed by atoms with Gasteiger partial charge in [0.25, 0.3) is 0 Å². The van der Waals surface area contributed by atoms with E-state index in [1.165, 1.54) is 19.3 Å². The first-order valence-electron chi connectivity index (χ1n) is 9.69. The lowest BCUT2D eigenvalue weighted by Gasteiger charge is -2.27. The third-order valence-electron chi connectivity index (χ3n) is 5.83. The highest BCUT2D eigenvalue weighted by molar-refractivity contribution is 7.81. The van der Waals surface area contributed by atoms with Crippen molar-refractivity contribution in [2.45, 2.75) is 70.6 Å². The van der Waals surface area contributed by atoms with Gasteiger partial charge in [-0.15, -0.1) is 0 Å². The van der Waals surface area contributed by atoms with Crippen molar-refractivity contribution >= 4 is 19.1 Å². The van der Waals surface area contributed by atoms with Crippen LogP contribution in [0.4, 0.5) is 0 Å². The van der Waals surface area contributed by atoms with E-state index in [1.54, 1.807) is 6.08 Å². The number of rotatable bonds is 8. The molecular weight excluding hydrogens is 337 g/mol. The van der Waals surface area contributed by atoms with Crippen LogP contribution >= 0.6 is 7.72 Å². The number of aliphatic carboxylic acids is 1. The molecule has 0 aliphatic heterocycles. The Hall–Kier alpha value is -0.770. The van der Waals surface area contributed by atoms with Crippen molar-refractivity contribution in [3.8, 4) is 0 Å². The molecule has 2 saturated carbocycles. The fourth-order valence-electron chi connectivity index (χ4n) is 4.23. The third kappa shape index (κ3) is 6.47. The first-order chi connectivity index (χ1) is 11.9. The van der Waals surface area contributed by atoms with E-state index >= 15 is 0 Å². The van der Waals surface area contributed by atoms with Crippen LogP contribution in [0.25, 0.3) is 0 Å². The van der Waals surface area contributed by atoms with Crippen LogP contribution in [0.5, 0.6) is 0 Å². The van der Waals surface area contributed by atoms with E-state index in [-0.39, 0.29) is 23.5 Å². The highest BCUT2D eigenvalue weighted by Crippen LogP contribution is 2.53. The summed E-state index contributed by atoms with van der Waals surface area (Å²) in [5.41, 5.74) is 0.116. The van der Waals surface area contributed by atoms with Crippen molar-refractivity contribution in [3.63, 3.8) is 0 Å². The second-order valence-corrected chi connectivity index (χ2v) is 10.1. The third-order valence-corrected chi connectivity index (χ3v) is 7.60. The van der Waals surface area contributed by atoms with E-state index in [4.69, 9.17) is 5.41 Å². The van der Waals surface area contributed by atoms with E-state index in [0.29, 0.717) is 18.8 Å². The predicted molar refractivity (Wildman–Crippen MR) is 102 cm³/mol. The van der Waals surface area contributed by atoms with E-state index in [1.807, 2.05) is 6.08 Å².